The van der Waals surface area contributed by atoms with Gasteiger partial charge in [-0.05, 0) is 31.2 Å². The lowest BCUT2D eigenvalue weighted by atomic mass is 10.2. The lowest BCUT2D eigenvalue weighted by molar-refractivity contribution is -0.116. The van der Waals surface area contributed by atoms with E-state index in [-0.39, 0.29) is 18.4 Å². The van der Waals surface area contributed by atoms with Crippen LogP contribution in [0.3, 0.4) is 0 Å². The normalized spacial score (nSPS) is 10.4. The number of hydrogen-bond donors (Lipinski definition) is 1. The second-order valence-corrected chi connectivity index (χ2v) is 5.95. The Bertz CT molecular complexity index is 887. The van der Waals surface area contributed by atoms with Gasteiger partial charge in [-0.1, -0.05) is 17.7 Å². The number of carbonyl (C=O) groups is 2. The topological polar surface area (TPSA) is 80.1 Å². The van der Waals surface area contributed by atoms with Gasteiger partial charge in [0.25, 0.3) is 5.91 Å². The maximum Gasteiger partial charge on any atom is 0.255 e. The molecule has 0 spiro atoms. The second kappa shape index (κ2) is 7.60. The molecule has 0 saturated heterocycles. The van der Waals surface area contributed by atoms with Gasteiger partial charge in [-0.15, -0.1) is 0 Å². The molecule has 2 aromatic heterocycles. The average molecular weight is 349 g/mol. The van der Waals surface area contributed by atoms with Crippen molar-refractivity contribution in [2.24, 2.45) is 0 Å². The average Bonchev–Trinajstić information content (AvgIpc) is 3.18. The number of amides is 2. The number of pyridine rings is 1. The number of nitrogens with one attached hydrogen (secondary N) is 1. The number of carbonyl (C=O) groups excluding carboxylic acids is 2. The lowest BCUT2D eigenvalue weighted by Crippen LogP contribution is -2.35. The molecule has 0 fully saturated rings. The van der Waals surface area contributed by atoms with Gasteiger partial charge < -0.3 is 10.2 Å². The standard InChI is InChI=1S/C19H19N5O2/c1-14-3-6-16(7-4-14)22-18(25)12-23(2)19(26)15-5-8-17(21-11-15)24-10-9-20-13-24/h3-11,13H,12H2,1-2H3,(H,22,25). The van der Waals surface area contributed by atoms with Crippen molar-refractivity contribution in [1.82, 2.24) is 19.4 Å². The molecule has 0 aliphatic rings. The molecule has 0 aliphatic carbocycles. The van der Waals surface area contributed by atoms with E-state index in [1.807, 2.05) is 31.2 Å². The summed E-state index contributed by atoms with van der Waals surface area (Å²) in [6.07, 6.45) is 6.55. The zero-order valence-corrected chi connectivity index (χ0v) is 14.6. The van der Waals surface area contributed by atoms with Gasteiger partial charge in [0.05, 0.1) is 12.1 Å². The number of imidazole rings is 1. The smallest absolute Gasteiger partial charge is 0.255 e. The maximum atomic E-state index is 12.5. The van der Waals surface area contributed by atoms with Crippen LogP contribution < -0.4 is 5.32 Å². The SMILES string of the molecule is Cc1ccc(NC(=O)CN(C)C(=O)c2ccc(-n3ccnc3)nc2)cc1. The summed E-state index contributed by atoms with van der Waals surface area (Å²) in [6.45, 7) is 1.93. The number of anilines is 1. The van der Waals surface area contributed by atoms with Crippen LogP contribution in [0.15, 0.2) is 61.3 Å². The van der Waals surface area contributed by atoms with E-state index >= 15 is 0 Å². The van der Waals surface area contributed by atoms with Crippen molar-refractivity contribution in [3.8, 4) is 5.82 Å². The highest BCUT2D eigenvalue weighted by Gasteiger charge is 2.15. The number of aromatic nitrogens is 3. The van der Waals surface area contributed by atoms with Gasteiger partial charge in [-0.3, -0.25) is 14.2 Å². The van der Waals surface area contributed by atoms with Crippen LogP contribution in [0, 0.1) is 6.92 Å². The largest absolute Gasteiger partial charge is 0.332 e. The molecule has 0 atom stereocenters. The monoisotopic (exact) mass is 349 g/mol. The van der Waals surface area contributed by atoms with Crippen LogP contribution in [0.25, 0.3) is 5.82 Å². The molecule has 0 aliphatic heterocycles. The Kier molecular flexibility index (Phi) is 5.07. The molecular weight excluding hydrogens is 330 g/mol. The Morgan fingerprint density at radius 1 is 1.15 bits per heavy atom. The minimum Gasteiger partial charge on any atom is -0.332 e. The molecule has 1 aromatic carbocycles. The van der Waals surface area contributed by atoms with E-state index in [1.165, 1.54) is 11.1 Å². The van der Waals surface area contributed by atoms with Crippen molar-refractivity contribution in [3.05, 3.63) is 72.4 Å². The third-order valence-electron chi connectivity index (χ3n) is 3.83. The molecule has 0 saturated carbocycles. The summed E-state index contributed by atoms with van der Waals surface area (Å²) in [5.74, 6) is 0.139. The molecule has 3 aromatic rings. The summed E-state index contributed by atoms with van der Waals surface area (Å²) in [7, 11) is 1.58. The molecule has 26 heavy (non-hydrogen) atoms. The summed E-state index contributed by atoms with van der Waals surface area (Å²) in [4.78, 5) is 34.2. The summed E-state index contributed by atoms with van der Waals surface area (Å²) >= 11 is 0. The van der Waals surface area contributed by atoms with Crippen LogP contribution >= 0.6 is 0 Å². The third-order valence-corrected chi connectivity index (χ3v) is 3.83. The summed E-state index contributed by atoms with van der Waals surface area (Å²) < 4.78 is 1.74. The molecule has 0 bridgehead atoms. The molecule has 2 heterocycles. The molecule has 7 nitrogen and oxygen atoms in total. The predicted molar refractivity (Wildman–Crippen MR) is 98.1 cm³/mol. The number of likely N-dealkylation sites (N-methyl/N-ethyl adjacent to an activating group) is 1. The fourth-order valence-corrected chi connectivity index (χ4v) is 2.40. The molecule has 7 heteroatoms. The fourth-order valence-electron chi connectivity index (χ4n) is 2.40. The van der Waals surface area contributed by atoms with E-state index in [2.05, 4.69) is 15.3 Å². The van der Waals surface area contributed by atoms with Crippen LogP contribution in [-0.2, 0) is 4.79 Å². The van der Waals surface area contributed by atoms with Crippen molar-refractivity contribution in [2.75, 3.05) is 18.9 Å². The lowest BCUT2D eigenvalue weighted by Gasteiger charge is -2.17. The summed E-state index contributed by atoms with van der Waals surface area (Å²) in [6, 6.07) is 10.9. The Morgan fingerprint density at radius 2 is 1.92 bits per heavy atom. The Balaban J connectivity index is 1.60. The van der Waals surface area contributed by atoms with Gasteiger partial charge in [0, 0.05) is 31.3 Å². The van der Waals surface area contributed by atoms with E-state index < -0.39 is 0 Å². The van der Waals surface area contributed by atoms with Gasteiger partial charge in [0.2, 0.25) is 5.91 Å². The number of benzene rings is 1. The summed E-state index contributed by atoms with van der Waals surface area (Å²) in [5.41, 5.74) is 2.23. The van der Waals surface area contributed by atoms with Gasteiger partial charge in [-0.25, -0.2) is 9.97 Å². The zero-order chi connectivity index (χ0) is 18.5. The molecular formula is C19H19N5O2. The minimum atomic E-state index is -0.270. The van der Waals surface area contributed by atoms with Gasteiger partial charge >= 0.3 is 0 Å². The molecule has 3 rings (SSSR count). The van der Waals surface area contributed by atoms with Crippen LogP contribution in [0.5, 0.6) is 0 Å². The van der Waals surface area contributed by atoms with Crippen LogP contribution in [0.2, 0.25) is 0 Å². The molecule has 0 unspecified atom stereocenters. The van der Waals surface area contributed by atoms with E-state index in [9.17, 15) is 9.59 Å². The summed E-state index contributed by atoms with van der Waals surface area (Å²) in [5, 5.41) is 2.78. The van der Waals surface area contributed by atoms with Crippen molar-refractivity contribution in [3.63, 3.8) is 0 Å². The number of aryl methyl sites for hydroxylation is 1. The van der Waals surface area contributed by atoms with Crippen molar-refractivity contribution in [1.29, 1.82) is 0 Å². The Hall–Kier alpha value is -3.48. The second-order valence-electron chi connectivity index (χ2n) is 5.95. The van der Waals surface area contributed by atoms with Crippen molar-refractivity contribution < 1.29 is 9.59 Å². The molecule has 132 valence electrons. The Labute approximate surface area is 151 Å². The molecule has 0 radical (unpaired) electrons. The van der Waals surface area contributed by atoms with E-state index in [1.54, 1.807) is 42.5 Å². The first-order valence-corrected chi connectivity index (χ1v) is 8.09. The number of hydrogen-bond acceptors (Lipinski definition) is 4. The fraction of sp³-hybridized carbons (Fsp3) is 0.158. The highest BCUT2D eigenvalue weighted by molar-refractivity contribution is 5.99. The van der Waals surface area contributed by atoms with Crippen molar-refractivity contribution >= 4 is 17.5 Å². The first-order chi connectivity index (χ1) is 12.5. The van der Waals surface area contributed by atoms with Gasteiger partial charge in [0.1, 0.15) is 12.1 Å². The first-order valence-electron chi connectivity index (χ1n) is 8.09. The van der Waals surface area contributed by atoms with E-state index in [0.29, 0.717) is 17.1 Å². The van der Waals surface area contributed by atoms with E-state index in [4.69, 9.17) is 0 Å². The van der Waals surface area contributed by atoms with Crippen LogP contribution in [0.1, 0.15) is 15.9 Å². The van der Waals surface area contributed by atoms with Crippen LogP contribution in [-0.4, -0.2) is 44.8 Å². The van der Waals surface area contributed by atoms with E-state index in [0.717, 1.165) is 5.56 Å². The molecule has 2 amide bonds. The third kappa shape index (κ3) is 4.13. The highest BCUT2D eigenvalue weighted by atomic mass is 16.2. The maximum absolute atomic E-state index is 12.5. The zero-order valence-electron chi connectivity index (χ0n) is 14.6. The predicted octanol–water partition coefficient (Wildman–Crippen LogP) is 2.29. The quantitative estimate of drug-likeness (QED) is 0.766. The van der Waals surface area contributed by atoms with Crippen molar-refractivity contribution in [2.45, 2.75) is 6.92 Å². The van der Waals surface area contributed by atoms with Gasteiger partial charge in [0.15, 0.2) is 0 Å². The Morgan fingerprint density at radius 3 is 2.54 bits per heavy atom. The molecule has 1 N–H and O–H groups in total. The highest BCUT2D eigenvalue weighted by Crippen LogP contribution is 2.10. The number of rotatable bonds is 5. The first kappa shape index (κ1) is 17.3. The minimum absolute atomic E-state index is 0.0457. The van der Waals surface area contributed by atoms with Gasteiger partial charge in [-0.2, -0.15) is 0 Å². The number of nitrogens with zero attached hydrogens (tertiary/aromatic N) is 4. The van der Waals surface area contributed by atoms with Crippen LogP contribution in [0.4, 0.5) is 5.69 Å².